The Morgan fingerprint density at radius 2 is 1.46 bits per heavy atom. The van der Waals surface area contributed by atoms with Crippen LogP contribution in [-0.2, 0) is 4.79 Å². The molecular formula is C22H20N2O2. The molecule has 130 valence electrons. The molecule has 4 heteroatoms. The Hall–Kier alpha value is -3.40. The third-order valence-electron chi connectivity index (χ3n) is 4.00. The van der Waals surface area contributed by atoms with Gasteiger partial charge < -0.3 is 10.6 Å². The van der Waals surface area contributed by atoms with E-state index in [-0.39, 0.29) is 18.2 Å². The van der Waals surface area contributed by atoms with Gasteiger partial charge in [0.05, 0.1) is 6.54 Å². The fourth-order valence-electron chi connectivity index (χ4n) is 2.61. The lowest BCUT2D eigenvalue weighted by molar-refractivity contribution is -0.114. The van der Waals surface area contributed by atoms with Gasteiger partial charge in [0.2, 0.25) is 5.91 Å². The summed E-state index contributed by atoms with van der Waals surface area (Å²) in [4.78, 5) is 23.5. The van der Waals surface area contributed by atoms with Gasteiger partial charge in [-0.2, -0.15) is 0 Å². The molecule has 0 spiro atoms. The molecule has 0 aliphatic rings. The van der Waals surface area contributed by atoms with Gasteiger partial charge in [-0.05, 0) is 42.3 Å². The van der Waals surface area contributed by atoms with E-state index in [4.69, 9.17) is 0 Å². The highest BCUT2D eigenvalue weighted by atomic mass is 16.2. The largest absolute Gasteiger partial charge is 0.376 e. The third kappa shape index (κ3) is 4.57. The highest BCUT2D eigenvalue weighted by Crippen LogP contribution is 2.21. The Balaban J connectivity index is 1.56. The zero-order chi connectivity index (χ0) is 18.4. The van der Waals surface area contributed by atoms with E-state index in [0.29, 0.717) is 11.3 Å². The second-order valence-corrected chi connectivity index (χ2v) is 5.98. The minimum absolute atomic E-state index is 0.0299. The number of hydrogen-bond donors (Lipinski definition) is 2. The van der Waals surface area contributed by atoms with Gasteiger partial charge in [0.15, 0.2) is 5.78 Å². The second-order valence-electron chi connectivity index (χ2n) is 5.98. The van der Waals surface area contributed by atoms with Crippen molar-refractivity contribution in [3.05, 3.63) is 84.4 Å². The molecule has 0 saturated carbocycles. The summed E-state index contributed by atoms with van der Waals surface area (Å²) in [5.41, 5.74) is 4.34. The maximum Gasteiger partial charge on any atom is 0.243 e. The van der Waals surface area contributed by atoms with Crippen molar-refractivity contribution in [2.45, 2.75) is 6.92 Å². The monoisotopic (exact) mass is 344 g/mol. The van der Waals surface area contributed by atoms with Crippen molar-refractivity contribution in [2.75, 3.05) is 17.2 Å². The average molecular weight is 344 g/mol. The first kappa shape index (κ1) is 17.4. The molecule has 0 saturated heterocycles. The lowest BCUT2D eigenvalue weighted by Gasteiger charge is -2.09. The summed E-state index contributed by atoms with van der Waals surface area (Å²) in [6, 6.07) is 25.0. The van der Waals surface area contributed by atoms with Gasteiger partial charge in [-0.3, -0.25) is 9.59 Å². The molecule has 2 N–H and O–H groups in total. The van der Waals surface area contributed by atoms with Crippen LogP contribution in [0, 0.1) is 0 Å². The number of Topliss-reactive ketones (excluding diaryl/α,β-unsaturated/α-hetero) is 1. The molecule has 0 aliphatic heterocycles. The molecule has 4 nitrogen and oxygen atoms in total. The molecule has 3 aromatic carbocycles. The zero-order valence-corrected chi connectivity index (χ0v) is 14.5. The van der Waals surface area contributed by atoms with Crippen LogP contribution in [0.25, 0.3) is 11.1 Å². The topological polar surface area (TPSA) is 58.2 Å². The number of anilines is 2. The van der Waals surface area contributed by atoms with Crippen LogP contribution >= 0.6 is 0 Å². The number of rotatable bonds is 6. The number of amides is 1. The first-order valence-corrected chi connectivity index (χ1v) is 8.42. The van der Waals surface area contributed by atoms with Crippen molar-refractivity contribution >= 4 is 23.1 Å². The summed E-state index contributed by atoms with van der Waals surface area (Å²) in [7, 11) is 0. The fourth-order valence-corrected chi connectivity index (χ4v) is 2.61. The van der Waals surface area contributed by atoms with E-state index in [1.54, 1.807) is 24.3 Å². The molecule has 3 rings (SSSR count). The summed E-state index contributed by atoms with van der Waals surface area (Å²) >= 11 is 0. The van der Waals surface area contributed by atoms with Crippen LogP contribution in [0.5, 0.6) is 0 Å². The molecule has 0 bridgehead atoms. The smallest absolute Gasteiger partial charge is 0.243 e. The molecule has 0 unspecified atom stereocenters. The normalized spacial score (nSPS) is 10.2. The van der Waals surface area contributed by atoms with Crippen molar-refractivity contribution in [1.29, 1.82) is 0 Å². The standard InChI is InChI=1S/C22H20N2O2/c1-16(25)19-8-5-9-21(14-19)24-22(26)15-23-20-12-10-18(11-13-20)17-6-3-2-4-7-17/h2-14,23H,15H2,1H3,(H,24,26). The molecule has 26 heavy (non-hydrogen) atoms. The molecular weight excluding hydrogens is 324 g/mol. The summed E-state index contributed by atoms with van der Waals surface area (Å²) < 4.78 is 0. The molecule has 0 fully saturated rings. The van der Waals surface area contributed by atoms with Crippen LogP contribution in [0.1, 0.15) is 17.3 Å². The number of carbonyl (C=O) groups is 2. The van der Waals surface area contributed by atoms with Gasteiger partial charge in [-0.15, -0.1) is 0 Å². The molecule has 0 radical (unpaired) electrons. The van der Waals surface area contributed by atoms with Crippen LogP contribution in [0.15, 0.2) is 78.9 Å². The highest BCUT2D eigenvalue weighted by molar-refractivity contribution is 5.98. The Labute approximate surface area is 152 Å². The fraction of sp³-hybridized carbons (Fsp3) is 0.0909. The minimum atomic E-state index is -0.169. The van der Waals surface area contributed by atoms with Crippen molar-refractivity contribution in [3.63, 3.8) is 0 Å². The second kappa shape index (κ2) is 8.12. The number of benzene rings is 3. The molecule has 3 aromatic rings. The van der Waals surface area contributed by atoms with E-state index in [1.807, 2.05) is 42.5 Å². The van der Waals surface area contributed by atoms with Crippen molar-refractivity contribution in [3.8, 4) is 11.1 Å². The van der Waals surface area contributed by atoms with Gasteiger partial charge in [0.1, 0.15) is 0 Å². The van der Waals surface area contributed by atoms with E-state index >= 15 is 0 Å². The van der Waals surface area contributed by atoms with Crippen LogP contribution in [0.4, 0.5) is 11.4 Å². The Morgan fingerprint density at radius 1 is 0.769 bits per heavy atom. The molecule has 0 aliphatic carbocycles. The number of nitrogens with one attached hydrogen (secondary N) is 2. The summed E-state index contributed by atoms with van der Waals surface area (Å²) in [6.45, 7) is 1.65. The summed E-state index contributed by atoms with van der Waals surface area (Å²) in [6.07, 6.45) is 0. The number of ketones is 1. The number of carbonyl (C=O) groups excluding carboxylic acids is 2. The van der Waals surface area contributed by atoms with E-state index in [9.17, 15) is 9.59 Å². The molecule has 1 amide bonds. The van der Waals surface area contributed by atoms with Gasteiger partial charge in [-0.25, -0.2) is 0 Å². The van der Waals surface area contributed by atoms with Crippen molar-refractivity contribution < 1.29 is 9.59 Å². The van der Waals surface area contributed by atoms with Gasteiger partial charge in [0.25, 0.3) is 0 Å². The molecule has 0 atom stereocenters. The van der Waals surface area contributed by atoms with Crippen LogP contribution < -0.4 is 10.6 Å². The minimum Gasteiger partial charge on any atom is -0.376 e. The SMILES string of the molecule is CC(=O)c1cccc(NC(=O)CNc2ccc(-c3ccccc3)cc2)c1. The first-order valence-electron chi connectivity index (χ1n) is 8.42. The van der Waals surface area contributed by atoms with E-state index < -0.39 is 0 Å². The first-order chi connectivity index (χ1) is 12.6. The van der Waals surface area contributed by atoms with Crippen molar-refractivity contribution in [1.82, 2.24) is 0 Å². The molecule has 0 heterocycles. The predicted molar refractivity (Wildman–Crippen MR) is 105 cm³/mol. The van der Waals surface area contributed by atoms with E-state index in [1.165, 1.54) is 6.92 Å². The predicted octanol–water partition coefficient (Wildman–Crippen LogP) is 4.61. The van der Waals surface area contributed by atoms with Crippen LogP contribution in [-0.4, -0.2) is 18.2 Å². The van der Waals surface area contributed by atoms with E-state index in [0.717, 1.165) is 16.8 Å². The maximum absolute atomic E-state index is 12.1. The maximum atomic E-state index is 12.1. The van der Waals surface area contributed by atoms with Gasteiger partial charge >= 0.3 is 0 Å². The Bertz CT molecular complexity index is 903. The molecule has 0 aromatic heterocycles. The van der Waals surface area contributed by atoms with E-state index in [2.05, 4.69) is 22.8 Å². The lowest BCUT2D eigenvalue weighted by Crippen LogP contribution is -2.21. The number of hydrogen-bond acceptors (Lipinski definition) is 3. The van der Waals surface area contributed by atoms with Crippen LogP contribution in [0.2, 0.25) is 0 Å². The van der Waals surface area contributed by atoms with Crippen molar-refractivity contribution in [2.24, 2.45) is 0 Å². The quantitative estimate of drug-likeness (QED) is 0.642. The highest BCUT2D eigenvalue weighted by Gasteiger charge is 2.05. The van der Waals surface area contributed by atoms with Gasteiger partial charge in [-0.1, -0.05) is 54.6 Å². The summed E-state index contributed by atoms with van der Waals surface area (Å²) in [5.74, 6) is -0.199. The average Bonchev–Trinajstić information content (AvgIpc) is 2.68. The summed E-state index contributed by atoms with van der Waals surface area (Å²) in [5, 5.41) is 5.89. The lowest BCUT2D eigenvalue weighted by atomic mass is 10.1. The van der Waals surface area contributed by atoms with Gasteiger partial charge in [0, 0.05) is 16.9 Å². The van der Waals surface area contributed by atoms with Crippen LogP contribution in [0.3, 0.4) is 0 Å². The Kier molecular flexibility index (Phi) is 5.44. The third-order valence-corrected chi connectivity index (χ3v) is 4.00. The Morgan fingerprint density at radius 3 is 2.15 bits per heavy atom. The zero-order valence-electron chi connectivity index (χ0n) is 14.5.